The lowest BCUT2D eigenvalue weighted by atomic mass is 9.97. The molecule has 0 aromatic rings. The number of nitrogens with one attached hydrogen (secondary N) is 2. The quantitative estimate of drug-likeness (QED) is 0.662. The van der Waals surface area contributed by atoms with Gasteiger partial charge in [0.15, 0.2) is 0 Å². The molecule has 0 amide bonds. The SMILES string of the molecule is CC1(NCCC2CNC2)CCOC1. The second kappa shape index (κ2) is 3.95. The van der Waals surface area contributed by atoms with E-state index in [1.54, 1.807) is 0 Å². The van der Waals surface area contributed by atoms with E-state index in [-0.39, 0.29) is 5.54 Å². The van der Waals surface area contributed by atoms with Crippen LogP contribution in [0, 0.1) is 5.92 Å². The molecule has 2 aliphatic heterocycles. The molecule has 0 bridgehead atoms. The Kier molecular flexibility index (Phi) is 2.86. The van der Waals surface area contributed by atoms with Crippen molar-refractivity contribution in [1.29, 1.82) is 0 Å². The van der Waals surface area contributed by atoms with E-state index >= 15 is 0 Å². The fourth-order valence-corrected chi connectivity index (χ4v) is 1.94. The molecule has 2 heterocycles. The Morgan fingerprint density at radius 1 is 1.54 bits per heavy atom. The van der Waals surface area contributed by atoms with Crippen LogP contribution in [0.4, 0.5) is 0 Å². The van der Waals surface area contributed by atoms with Gasteiger partial charge in [-0.15, -0.1) is 0 Å². The lowest BCUT2D eigenvalue weighted by Crippen LogP contribution is -2.47. The molecule has 2 rings (SSSR count). The van der Waals surface area contributed by atoms with Crippen LogP contribution in [0.15, 0.2) is 0 Å². The molecule has 13 heavy (non-hydrogen) atoms. The van der Waals surface area contributed by atoms with E-state index < -0.39 is 0 Å². The van der Waals surface area contributed by atoms with Gasteiger partial charge in [-0.2, -0.15) is 0 Å². The van der Waals surface area contributed by atoms with Crippen LogP contribution in [0.1, 0.15) is 19.8 Å². The van der Waals surface area contributed by atoms with Crippen molar-refractivity contribution in [2.45, 2.75) is 25.3 Å². The highest BCUT2D eigenvalue weighted by Crippen LogP contribution is 2.17. The smallest absolute Gasteiger partial charge is 0.0646 e. The highest BCUT2D eigenvalue weighted by atomic mass is 16.5. The first-order valence-electron chi connectivity index (χ1n) is 5.32. The van der Waals surface area contributed by atoms with Crippen LogP contribution in [0.2, 0.25) is 0 Å². The van der Waals surface area contributed by atoms with E-state index in [0.29, 0.717) is 0 Å². The van der Waals surface area contributed by atoms with E-state index in [9.17, 15) is 0 Å². The fraction of sp³-hybridized carbons (Fsp3) is 1.00. The zero-order chi connectivity index (χ0) is 9.15. The van der Waals surface area contributed by atoms with Crippen molar-refractivity contribution in [3.63, 3.8) is 0 Å². The zero-order valence-corrected chi connectivity index (χ0v) is 8.44. The second-order valence-corrected chi connectivity index (χ2v) is 4.60. The van der Waals surface area contributed by atoms with Crippen molar-refractivity contribution < 1.29 is 4.74 Å². The molecule has 1 atom stereocenters. The van der Waals surface area contributed by atoms with Gasteiger partial charge in [0, 0.05) is 12.1 Å². The van der Waals surface area contributed by atoms with E-state index in [1.807, 2.05) is 0 Å². The van der Waals surface area contributed by atoms with Crippen LogP contribution in [0.3, 0.4) is 0 Å². The first-order valence-corrected chi connectivity index (χ1v) is 5.32. The van der Waals surface area contributed by atoms with E-state index in [2.05, 4.69) is 17.6 Å². The van der Waals surface area contributed by atoms with Crippen LogP contribution < -0.4 is 10.6 Å². The molecular formula is C10H20N2O. The van der Waals surface area contributed by atoms with Crippen LogP contribution in [-0.2, 0) is 4.74 Å². The maximum Gasteiger partial charge on any atom is 0.0646 e. The molecule has 0 radical (unpaired) electrons. The van der Waals surface area contributed by atoms with Gasteiger partial charge in [-0.1, -0.05) is 0 Å². The van der Waals surface area contributed by atoms with Gasteiger partial charge in [-0.3, -0.25) is 0 Å². The van der Waals surface area contributed by atoms with Crippen molar-refractivity contribution >= 4 is 0 Å². The molecular weight excluding hydrogens is 164 g/mol. The molecule has 2 saturated heterocycles. The summed E-state index contributed by atoms with van der Waals surface area (Å²) in [6, 6.07) is 0. The van der Waals surface area contributed by atoms with Crippen molar-refractivity contribution in [2.24, 2.45) is 5.92 Å². The highest BCUT2D eigenvalue weighted by molar-refractivity contribution is 4.87. The summed E-state index contributed by atoms with van der Waals surface area (Å²) in [5, 5.41) is 6.90. The Labute approximate surface area is 80.2 Å². The summed E-state index contributed by atoms with van der Waals surface area (Å²) in [7, 11) is 0. The van der Waals surface area contributed by atoms with E-state index in [4.69, 9.17) is 4.74 Å². The average Bonchev–Trinajstić information content (AvgIpc) is 2.43. The number of hydrogen-bond donors (Lipinski definition) is 2. The predicted molar refractivity (Wildman–Crippen MR) is 52.8 cm³/mol. The molecule has 3 nitrogen and oxygen atoms in total. The Morgan fingerprint density at radius 3 is 2.92 bits per heavy atom. The standard InChI is InChI=1S/C10H20N2O/c1-10(3-5-13-8-10)12-4-2-9-6-11-7-9/h9,11-12H,2-8H2,1H3. The predicted octanol–water partition coefficient (Wildman–Crippen LogP) is 0.365. The van der Waals surface area contributed by atoms with Gasteiger partial charge in [0.25, 0.3) is 0 Å². The van der Waals surface area contributed by atoms with Crippen LogP contribution in [0.5, 0.6) is 0 Å². The van der Waals surface area contributed by atoms with Crippen LogP contribution in [0.25, 0.3) is 0 Å². The zero-order valence-electron chi connectivity index (χ0n) is 8.44. The summed E-state index contributed by atoms with van der Waals surface area (Å²) >= 11 is 0. The Balaban J connectivity index is 1.60. The van der Waals surface area contributed by atoms with Crippen molar-refractivity contribution in [3.05, 3.63) is 0 Å². The van der Waals surface area contributed by atoms with Gasteiger partial charge in [0.1, 0.15) is 0 Å². The molecule has 0 saturated carbocycles. The molecule has 1 unspecified atom stereocenters. The minimum Gasteiger partial charge on any atom is -0.379 e. The minimum absolute atomic E-state index is 0.261. The summed E-state index contributed by atoms with van der Waals surface area (Å²) in [6.45, 7) is 7.65. The third kappa shape index (κ3) is 2.42. The number of ether oxygens (including phenoxy) is 1. The summed E-state index contributed by atoms with van der Waals surface area (Å²) in [5.74, 6) is 0.915. The summed E-state index contributed by atoms with van der Waals surface area (Å²) in [6.07, 6.45) is 2.47. The van der Waals surface area contributed by atoms with Crippen molar-refractivity contribution in [3.8, 4) is 0 Å². The average molecular weight is 184 g/mol. The van der Waals surface area contributed by atoms with Gasteiger partial charge in [-0.05, 0) is 45.3 Å². The molecule has 0 spiro atoms. The number of rotatable bonds is 4. The summed E-state index contributed by atoms with van der Waals surface area (Å²) in [4.78, 5) is 0. The largest absolute Gasteiger partial charge is 0.379 e. The minimum atomic E-state index is 0.261. The van der Waals surface area contributed by atoms with Crippen LogP contribution >= 0.6 is 0 Å². The molecule has 2 aliphatic rings. The lowest BCUT2D eigenvalue weighted by Gasteiger charge is -2.29. The Bertz CT molecular complexity index is 162. The topological polar surface area (TPSA) is 33.3 Å². The first-order chi connectivity index (χ1) is 6.29. The first kappa shape index (κ1) is 9.44. The second-order valence-electron chi connectivity index (χ2n) is 4.60. The van der Waals surface area contributed by atoms with Gasteiger partial charge in [-0.25, -0.2) is 0 Å². The summed E-state index contributed by atoms with van der Waals surface area (Å²) in [5.41, 5.74) is 0.261. The molecule has 2 N–H and O–H groups in total. The third-order valence-electron chi connectivity index (χ3n) is 3.19. The van der Waals surface area contributed by atoms with Gasteiger partial charge in [0.05, 0.1) is 6.61 Å². The molecule has 3 heteroatoms. The fourth-order valence-electron chi connectivity index (χ4n) is 1.94. The van der Waals surface area contributed by atoms with Crippen molar-refractivity contribution in [1.82, 2.24) is 10.6 Å². The molecule has 0 aromatic heterocycles. The molecule has 76 valence electrons. The van der Waals surface area contributed by atoms with E-state index in [1.165, 1.54) is 19.5 Å². The molecule has 0 aliphatic carbocycles. The monoisotopic (exact) mass is 184 g/mol. The van der Waals surface area contributed by atoms with Crippen LogP contribution in [-0.4, -0.2) is 38.4 Å². The summed E-state index contributed by atoms with van der Waals surface area (Å²) < 4.78 is 5.38. The molecule has 2 fully saturated rings. The Hall–Kier alpha value is -0.120. The number of hydrogen-bond acceptors (Lipinski definition) is 3. The van der Waals surface area contributed by atoms with Gasteiger partial charge in [0.2, 0.25) is 0 Å². The lowest BCUT2D eigenvalue weighted by molar-refractivity contribution is 0.170. The maximum absolute atomic E-state index is 5.38. The normalized spacial score (nSPS) is 34.8. The third-order valence-corrected chi connectivity index (χ3v) is 3.19. The van der Waals surface area contributed by atoms with E-state index in [0.717, 1.165) is 32.1 Å². The highest BCUT2D eigenvalue weighted by Gasteiger charge is 2.29. The Morgan fingerprint density at radius 2 is 2.38 bits per heavy atom. The molecule has 0 aromatic carbocycles. The van der Waals surface area contributed by atoms with Gasteiger partial charge >= 0.3 is 0 Å². The van der Waals surface area contributed by atoms with Gasteiger partial charge < -0.3 is 15.4 Å². The van der Waals surface area contributed by atoms with Crippen molar-refractivity contribution in [2.75, 3.05) is 32.8 Å². The maximum atomic E-state index is 5.38.